The molecule has 5 nitrogen and oxygen atoms in total. The first-order valence-electron chi connectivity index (χ1n) is 5.16. The summed E-state index contributed by atoms with van der Waals surface area (Å²) in [6.07, 6.45) is 0. The summed E-state index contributed by atoms with van der Waals surface area (Å²) in [4.78, 5) is 25.1. The molecule has 0 aliphatic carbocycles. The number of aromatic nitrogens is 1. The second kappa shape index (κ2) is 5.39. The van der Waals surface area contributed by atoms with E-state index in [0.29, 0.717) is 5.69 Å². The van der Waals surface area contributed by atoms with Crippen LogP contribution in [0.3, 0.4) is 0 Å². The van der Waals surface area contributed by atoms with Crippen molar-refractivity contribution in [2.24, 2.45) is 0 Å². The summed E-state index contributed by atoms with van der Waals surface area (Å²) in [5, 5.41) is 11.7. The van der Waals surface area contributed by atoms with E-state index in [2.05, 4.69) is 10.3 Å². The van der Waals surface area contributed by atoms with Gasteiger partial charge in [-0.05, 0) is 34.7 Å². The van der Waals surface area contributed by atoms with Gasteiger partial charge in [-0.15, -0.1) is 0 Å². The number of H-pyrrole nitrogens is 1. The maximum atomic E-state index is 13.3. The van der Waals surface area contributed by atoms with Crippen molar-refractivity contribution in [2.75, 3.05) is 5.32 Å². The second-order valence-corrected chi connectivity index (χ2v) is 4.75. The van der Waals surface area contributed by atoms with Gasteiger partial charge in [0.15, 0.2) is 5.88 Å². The van der Waals surface area contributed by atoms with Gasteiger partial charge in [0.2, 0.25) is 0 Å². The monoisotopic (exact) mass is 374 g/mol. The fourth-order valence-electron chi connectivity index (χ4n) is 1.45. The van der Waals surface area contributed by atoms with E-state index in [1.807, 2.05) is 0 Å². The molecular formula is C12H8FIN2O3. The highest BCUT2D eigenvalue weighted by molar-refractivity contribution is 14.1. The molecule has 1 amide bonds. The van der Waals surface area contributed by atoms with Gasteiger partial charge in [-0.3, -0.25) is 14.6 Å². The Morgan fingerprint density at radius 1 is 1.37 bits per heavy atom. The SMILES string of the molecule is O=C(Nc1cccc(F)c1I)c1cc(O)[nH]c(=O)c1. The lowest BCUT2D eigenvalue weighted by Crippen LogP contribution is -2.16. The maximum Gasteiger partial charge on any atom is 0.256 e. The van der Waals surface area contributed by atoms with Crippen LogP contribution in [0.2, 0.25) is 0 Å². The Labute approximate surface area is 120 Å². The first-order valence-corrected chi connectivity index (χ1v) is 6.24. The number of amides is 1. The smallest absolute Gasteiger partial charge is 0.256 e. The summed E-state index contributed by atoms with van der Waals surface area (Å²) >= 11 is 1.76. The Bertz CT molecular complexity index is 700. The summed E-state index contributed by atoms with van der Waals surface area (Å²) < 4.78 is 13.6. The molecular weight excluding hydrogens is 366 g/mol. The number of carbonyl (C=O) groups excluding carboxylic acids is 1. The largest absolute Gasteiger partial charge is 0.494 e. The van der Waals surface area contributed by atoms with E-state index < -0.39 is 23.2 Å². The Morgan fingerprint density at radius 3 is 2.79 bits per heavy atom. The summed E-state index contributed by atoms with van der Waals surface area (Å²) in [6, 6.07) is 6.43. The van der Waals surface area contributed by atoms with Crippen LogP contribution in [-0.4, -0.2) is 16.0 Å². The third-order valence-electron chi connectivity index (χ3n) is 2.29. The van der Waals surface area contributed by atoms with Crippen LogP contribution in [0.1, 0.15) is 10.4 Å². The number of nitrogens with one attached hydrogen (secondary N) is 2. The van der Waals surface area contributed by atoms with Gasteiger partial charge in [0.05, 0.1) is 14.8 Å². The van der Waals surface area contributed by atoms with Crippen LogP contribution >= 0.6 is 22.6 Å². The molecule has 0 atom stereocenters. The van der Waals surface area contributed by atoms with Crippen molar-refractivity contribution in [2.45, 2.75) is 0 Å². The standard InChI is InChI=1S/C12H8FIN2O3/c13-7-2-1-3-8(11(7)14)15-12(19)6-4-9(17)16-10(18)5-6/h1-5H,(H,15,19)(H2,16,17,18). The zero-order valence-corrected chi connectivity index (χ0v) is 11.6. The van der Waals surface area contributed by atoms with E-state index in [4.69, 9.17) is 0 Å². The van der Waals surface area contributed by atoms with Gasteiger partial charge >= 0.3 is 0 Å². The van der Waals surface area contributed by atoms with Gasteiger partial charge in [-0.2, -0.15) is 0 Å². The van der Waals surface area contributed by atoms with Crippen LogP contribution in [0.15, 0.2) is 35.1 Å². The molecule has 0 aliphatic heterocycles. The number of anilines is 1. The molecule has 0 radical (unpaired) electrons. The number of hydrogen-bond acceptors (Lipinski definition) is 3. The summed E-state index contributed by atoms with van der Waals surface area (Å²) in [6.45, 7) is 0. The van der Waals surface area contributed by atoms with E-state index in [1.165, 1.54) is 18.2 Å². The first-order chi connectivity index (χ1) is 8.97. The van der Waals surface area contributed by atoms with Gasteiger partial charge in [0.25, 0.3) is 11.5 Å². The molecule has 3 N–H and O–H groups in total. The van der Waals surface area contributed by atoms with E-state index >= 15 is 0 Å². The Kier molecular flexibility index (Phi) is 3.84. The summed E-state index contributed by atoms with van der Waals surface area (Å²) in [5.74, 6) is -1.47. The molecule has 0 spiro atoms. The van der Waals surface area contributed by atoms with Crippen molar-refractivity contribution in [1.82, 2.24) is 4.98 Å². The highest BCUT2D eigenvalue weighted by Gasteiger charge is 2.12. The number of aromatic amines is 1. The zero-order chi connectivity index (χ0) is 14.0. The quantitative estimate of drug-likeness (QED) is 0.704. The van der Waals surface area contributed by atoms with Crippen molar-refractivity contribution >= 4 is 34.2 Å². The number of rotatable bonds is 2. The third kappa shape index (κ3) is 3.11. The lowest BCUT2D eigenvalue weighted by molar-refractivity contribution is 0.102. The van der Waals surface area contributed by atoms with Gasteiger partial charge in [0.1, 0.15) is 5.82 Å². The molecule has 1 aromatic carbocycles. The van der Waals surface area contributed by atoms with Gasteiger partial charge in [-0.1, -0.05) is 6.07 Å². The molecule has 19 heavy (non-hydrogen) atoms. The number of halogens is 2. The van der Waals surface area contributed by atoms with Crippen molar-refractivity contribution < 1.29 is 14.3 Å². The van der Waals surface area contributed by atoms with E-state index in [-0.39, 0.29) is 9.13 Å². The minimum absolute atomic E-state index is 0.0127. The van der Waals surface area contributed by atoms with Crippen LogP contribution in [0.25, 0.3) is 0 Å². The highest BCUT2D eigenvalue weighted by atomic mass is 127. The van der Waals surface area contributed by atoms with Crippen molar-refractivity contribution in [3.05, 3.63) is 55.6 Å². The number of pyridine rings is 1. The highest BCUT2D eigenvalue weighted by Crippen LogP contribution is 2.21. The maximum absolute atomic E-state index is 13.3. The fraction of sp³-hybridized carbons (Fsp3) is 0. The first kappa shape index (κ1) is 13.5. The fourth-order valence-corrected chi connectivity index (χ4v) is 1.95. The summed E-state index contributed by atoms with van der Waals surface area (Å²) in [5.41, 5.74) is -0.314. The number of aromatic hydroxyl groups is 1. The predicted molar refractivity (Wildman–Crippen MR) is 75.8 cm³/mol. The molecule has 98 valence electrons. The Balaban J connectivity index is 2.31. The molecule has 0 unspecified atom stereocenters. The average molecular weight is 374 g/mol. The van der Waals surface area contributed by atoms with Crippen LogP contribution in [-0.2, 0) is 0 Å². The van der Waals surface area contributed by atoms with Crippen molar-refractivity contribution in [1.29, 1.82) is 0 Å². The minimum Gasteiger partial charge on any atom is -0.494 e. The molecule has 0 aliphatic rings. The van der Waals surface area contributed by atoms with Gasteiger partial charge in [-0.25, -0.2) is 4.39 Å². The van der Waals surface area contributed by atoms with Gasteiger partial charge < -0.3 is 10.4 Å². The number of carbonyl (C=O) groups is 1. The summed E-state index contributed by atoms with van der Waals surface area (Å²) in [7, 11) is 0. The third-order valence-corrected chi connectivity index (χ3v) is 3.39. The van der Waals surface area contributed by atoms with Crippen molar-refractivity contribution in [3.8, 4) is 5.88 Å². The molecule has 0 saturated heterocycles. The second-order valence-electron chi connectivity index (χ2n) is 3.67. The van der Waals surface area contributed by atoms with Crippen LogP contribution in [0, 0.1) is 9.39 Å². The molecule has 0 fully saturated rings. The molecule has 7 heteroatoms. The molecule has 2 rings (SSSR count). The molecule has 1 aromatic heterocycles. The zero-order valence-electron chi connectivity index (χ0n) is 9.41. The van der Waals surface area contributed by atoms with Crippen LogP contribution in [0.4, 0.5) is 10.1 Å². The molecule has 1 heterocycles. The van der Waals surface area contributed by atoms with E-state index in [1.54, 1.807) is 22.6 Å². The normalized spacial score (nSPS) is 10.2. The van der Waals surface area contributed by atoms with Crippen LogP contribution in [0.5, 0.6) is 5.88 Å². The molecule has 0 bridgehead atoms. The lowest BCUT2D eigenvalue weighted by Gasteiger charge is -2.07. The minimum atomic E-state index is -0.607. The van der Waals surface area contributed by atoms with Gasteiger partial charge in [0, 0.05) is 12.1 Å². The molecule has 2 aromatic rings. The van der Waals surface area contributed by atoms with E-state index in [9.17, 15) is 19.1 Å². The predicted octanol–water partition coefficient (Wildman–Crippen LogP) is 2.08. The Hall–Kier alpha value is -1.90. The Morgan fingerprint density at radius 2 is 2.11 bits per heavy atom. The lowest BCUT2D eigenvalue weighted by atomic mass is 10.2. The number of benzene rings is 1. The molecule has 0 saturated carbocycles. The van der Waals surface area contributed by atoms with Crippen LogP contribution < -0.4 is 10.9 Å². The number of hydrogen-bond donors (Lipinski definition) is 3. The van der Waals surface area contributed by atoms with E-state index in [0.717, 1.165) is 12.1 Å². The van der Waals surface area contributed by atoms with Crippen molar-refractivity contribution in [3.63, 3.8) is 0 Å². The average Bonchev–Trinajstić information content (AvgIpc) is 2.33. The topological polar surface area (TPSA) is 82.2 Å².